The Labute approximate surface area is 156 Å². The molecule has 2 aromatic carbocycles. The molecule has 5 nitrogen and oxygen atoms in total. The molecule has 0 unspecified atom stereocenters. The van der Waals surface area contributed by atoms with Gasteiger partial charge in [-0.2, -0.15) is 5.26 Å². The highest BCUT2D eigenvalue weighted by Gasteiger charge is 2.03. The molecule has 0 aliphatic heterocycles. The standard InChI is InChI=1S/C20H16ClN3O2/c1-25-17-3-2-4-18(10-17)26-20-8-5-14(13-24-20)12-23-16-7-6-15(11-22)19(21)9-16/h2-10,13,23H,12H2,1H3. The molecule has 0 aliphatic rings. The van der Waals surface area contributed by atoms with Crippen molar-refractivity contribution >= 4 is 17.3 Å². The number of nitrogens with zero attached hydrogens (tertiary/aromatic N) is 2. The molecule has 26 heavy (non-hydrogen) atoms. The van der Waals surface area contributed by atoms with Crippen LogP contribution in [-0.4, -0.2) is 12.1 Å². The Morgan fingerprint density at radius 3 is 2.65 bits per heavy atom. The molecule has 3 rings (SSSR count). The zero-order chi connectivity index (χ0) is 18.4. The number of halogens is 1. The second-order valence-corrected chi connectivity index (χ2v) is 5.85. The van der Waals surface area contributed by atoms with Crippen LogP contribution in [0.15, 0.2) is 60.8 Å². The summed E-state index contributed by atoms with van der Waals surface area (Å²) >= 11 is 6.03. The summed E-state index contributed by atoms with van der Waals surface area (Å²) in [5.74, 6) is 1.89. The van der Waals surface area contributed by atoms with Crippen LogP contribution in [0.2, 0.25) is 5.02 Å². The molecule has 0 amide bonds. The molecule has 0 aliphatic carbocycles. The average Bonchev–Trinajstić information content (AvgIpc) is 2.68. The third-order valence-corrected chi connectivity index (χ3v) is 3.96. The second kappa shape index (κ2) is 8.24. The molecule has 3 aromatic rings. The lowest BCUT2D eigenvalue weighted by atomic mass is 10.2. The number of pyridine rings is 1. The first-order chi connectivity index (χ1) is 12.7. The first-order valence-corrected chi connectivity index (χ1v) is 8.26. The second-order valence-electron chi connectivity index (χ2n) is 5.45. The maximum absolute atomic E-state index is 8.90. The van der Waals surface area contributed by atoms with E-state index in [4.69, 9.17) is 26.3 Å². The fourth-order valence-corrected chi connectivity index (χ4v) is 2.50. The molecule has 0 spiro atoms. The lowest BCUT2D eigenvalue weighted by Crippen LogP contribution is -2.00. The van der Waals surface area contributed by atoms with Gasteiger partial charge in [0, 0.05) is 30.6 Å². The predicted octanol–water partition coefficient (Wildman–Crippen LogP) is 5.02. The number of ether oxygens (including phenoxy) is 2. The molecule has 0 saturated heterocycles. The molecule has 130 valence electrons. The third-order valence-electron chi connectivity index (χ3n) is 3.65. The quantitative estimate of drug-likeness (QED) is 0.664. The van der Waals surface area contributed by atoms with Gasteiger partial charge in [0.25, 0.3) is 0 Å². The largest absolute Gasteiger partial charge is 0.497 e. The highest BCUT2D eigenvalue weighted by Crippen LogP contribution is 2.24. The minimum atomic E-state index is 0.428. The van der Waals surface area contributed by atoms with Crippen LogP contribution >= 0.6 is 11.6 Å². The van der Waals surface area contributed by atoms with Gasteiger partial charge in [-0.15, -0.1) is 0 Å². The van der Waals surface area contributed by atoms with Crippen molar-refractivity contribution < 1.29 is 9.47 Å². The number of hydrogen-bond donors (Lipinski definition) is 1. The van der Waals surface area contributed by atoms with E-state index in [2.05, 4.69) is 10.3 Å². The van der Waals surface area contributed by atoms with Crippen LogP contribution in [0, 0.1) is 11.3 Å². The minimum absolute atomic E-state index is 0.428. The first kappa shape index (κ1) is 17.6. The maximum atomic E-state index is 8.90. The van der Waals surface area contributed by atoms with Gasteiger partial charge in [0.05, 0.1) is 17.7 Å². The van der Waals surface area contributed by atoms with Crippen LogP contribution in [0.25, 0.3) is 0 Å². The van der Waals surface area contributed by atoms with E-state index in [0.717, 1.165) is 17.0 Å². The zero-order valence-corrected chi connectivity index (χ0v) is 14.8. The summed E-state index contributed by atoms with van der Waals surface area (Å²) < 4.78 is 10.9. The number of methoxy groups -OCH3 is 1. The predicted molar refractivity (Wildman–Crippen MR) is 101 cm³/mol. The van der Waals surface area contributed by atoms with Crippen molar-refractivity contribution in [2.75, 3.05) is 12.4 Å². The van der Waals surface area contributed by atoms with E-state index in [1.165, 1.54) is 0 Å². The van der Waals surface area contributed by atoms with Gasteiger partial charge in [-0.1, -0.05) is 23.7 Å². The van der Waals surface area contributed by atoms with Crippen molar-refractivity contribution in [3.05, 3.63) is 76.9 Å². The Morgan fingerprint density at radius 1 is 1.12 bits per heavy atom. The van der Waals surface area contributed by atoms with Gasteiger partial charge in [0.2, 0.25) is 5.88 Å². The number of anilines is 1. The number of nitriles is 1. The van der Waals surface area contributed by atoms with E-state index in [1.54, 1.807) is 31.5 Å². The molecule has 0 saturated carbocycles. The molecule has 6 heteroatoms. The van der Waals surface area contributed by atoms with Crippen LogP contribution in [0.1, 0.15) is 11.1 Å². The van der Waals surface area contributed by atoms with E-state index in [9.17, 15) is 0 Å². The Hall–Kier alpha value is -3.23. The molecule has 1 heterocycles. The molecule has 0 bridgehead atoms. The van der Waals surface area contributed by atoms with Crippen molar-refractivity contribution in [2.24, 2.45) is 0 Å². The Kier molecular flexibility index (Phi) is 5.57. The van der Waals surface area contributed by atoms with Crippen molar-refractivity contribution in [3.63, 3.8) is 0 Å². The van der Waals surface area contributed by atoms with Gasteiger partial charge in [0.1, 0.15) is 17.6 Å². The molecular weight excluding hydrogens is 350 g/mol. The lowest BCUT2D eigenvalue weighted by Gasteiger charge is -2.09. The maximum Gasteiger partial charge on any atom is 0.219 e. The summed E-state index contributed by atoms with van der Waals surface area (Å²) in [5.41, 5.74) is 2.28. The Bertz CT molecular complexity index is 937. The van der Waals surface area contributed by atoms with Crippen LogP contribution < -0.4 is 14.8 Å². The van der Waals surface area contributed by atoms with Gasteiger partial charge in [0.15, 0.2) is 0 Å². The van der Waals surface area contributed by atoms with Crippen molar-refractivity contribution in [1.29, 1.82) is 5.26 Å². The summed E-state index contributed by atoms with van der Waals surface area (Å²) in [7, 11) is 1.61. The first-order valence-electron chi connectivity index (χ1n) is 7.88. The lowest BCUT2D eigenvalue weighted by molar-refractivity contribution is 0.407. The summed E-state index contributed by atoms with van der Waals surface area (Å²) in [4.78, 5) is 4.31. The summed E-state index contributed by atoms with van der Waals surface area (Å²) in [6.07, 6.45) is 1.74. The Morgan fingerprint density at radius 2 is 1.96 bits per heavy atom. The van der Waals surface area contributed by atoms with Gasteiger partial charge < -0.3 is 14.8 Å². The highest BCUT2D eigenvalue weighted by atomic mass is 35.5. The Balaban J connectivity index is 1.61. The number of benzene rings is 2. The monoisotopic (exact) mass is 365 g/mol. The van der Waals surface area contributed by atoms with Gasteiger partial charge in [-0.05, 0) is 35.9 Å². The highest BCUT2D eigenvalue weighted by molar-refractivity contribution is 6.32. The summed E-state index contributed by atoms with van der Waals surface area (Å²) in [5, 5.41) is 12.6. The number of aromatic nitrogens is 1. The molecular formula is C20H16ClN3O2. The van der Waals surface area contributed by atoms with Gasteiger partial charge in [-0.3, -0.25) is 0 Å². The average molecular weight is 366 g/mol. The van der Waals surface area contributed by atoms with Crippen LogP contribution in [-0.2, 0) is 6.54 Å². The van der Waals surface area contributed by atoms with E-state index in [-0.39, 0.29) is 0 Å². The fraction of sp³-hybridized carbons (Fsp3) is 0.100. The molecule has 1 aromatic heterocycles. The van der Waals surface area contributed by atoms with Crippen molar-refractivity contribution in [1.82, 2.24) is 4.98 Å². The van der Waals surface area contributed by atoms with Crippen LogP contribution in [0.4, 0.5) is 5.69 Å². The van der Waals surface area contributed by atoms with E-state index in [1.807, 2.05) is 42.5 Å². The topological polar surface area (TPSA) is 67.2 Å². The zero-order valence-electron chi connectivity index (χ0n) is 14.1. The van der Waals surface area contributed by atoms with E-state index < -0.39 is 0 Å². The third kappa shape index (κ3) is 4.44. The molecule has 0 atom stereocenters. The smallest absolute Gasteiger partial charge is 0.219 e. The number of nitrogens with one attached hydrogen (secondary N) is 1. The summed E-state index contributed by atoms with van der Waals surface area (Å²) in [6, 6.07) is 18.4. The van der Waals surface area contributed by atoms with Crippen LogP contribution in [0.5, 0.6) is 17.4 Å². The van der Waals surface area contributed by atoms with Crippen LogP contribution in [0.3, 0.4) is 0 Å². The van der Waals surface area contributed by atoms with Gasteiger partial charge in [-0.25, -0.2) is 4.98 Å². The molecule has 0 radical (unpaired) electrons. The molecule has 0 fully saturated rings. The van der Waals surface area contributed by atoms with E-state index >= 15 is 0 Å². The van der Waals surface area contributed by atoms with Crippen molar-refractivity contribution in [3.8, 4) is 23.4 Å². The summed E-state index contributed by atoms with van der Waals surface area (Å²) in [6.45, 7) is 0.578. The normalized spacial score (nSPS) is 10.0. The van der Waals surface area contributed by atoms with E-state index in [0.29, 0.717) is 28.8 Å². The molecule has 1 N–H and O–H groups in total. The number of rotatable bonds is 6. The van der Waals surface area contributed by atoms with Gasteiger partial charge >= 0.3 is 0 Å². The fourth-order valence-electron chi connectivity index (χ4n) is 2.28. The minimum Gasteiger partial charge on any atom is -0.497 e. The SMILES string of the molecule is COc1cccc(Oc2ccc(CNc3ccc(C#N)c(Cl)c3)cn2)c1. The van der Waals surface area contributed by atoms with Crippen molar-refractivity contribution in [2.45, 2.75) is 6.54 Å². The number of hydrogen-bond acceptors (Lipinski definition) is 5.